The Hall–Kier alpha value is -1.19. The van der Waals surface area contributed by atoms with Gasteiger partial charge in [0.05, 0.1) is 0 Å². The van der Waals surface area contributed by atoms with Crippen LogP contribution in [-0.2, 0) is 4.74 Å². The summed E-state index contributed by atoms with van der Waals surface area (Å²) in [7, 11) is 0. The molecule has 0 bridgehead atoms. The summed E-state index contributed by atoms with van der Waals surface area (Å²) >= 11 is 0. The number of nitrogens with zero attached hydrogens (tertiary/aromatic N) is 2. The normalized spacial score (nSPS) is 20.6. The first kappa shape index (κ1) is 18.9. The Balaban J connectivity index is 2.84. The molecule has 22 heavy (non-hydrogen) atoms. The molecule has 1 amide bonds. The van der Waals surface area contributed by atoms with Crippen LogP contribution in [0.5, 0.6) is 0 Å². The molecule has 10 heteroatoms. The Labute approximate surface area is 124 Å². The summed E-state index contributed by atoms with van der Waals surface area (Å²) in [6, 6.07) is -1.20. The standard InChI is InChI=1S/C12H18F6N2O2/c1-10(2,3)22-9(21)19-6-4-5-8(19)7-20(11(13,14)15)12(16,17)18/h8H,4-7H2,1-3H3. The Morgan fingerprint density at radius 2 is 1.64 bits per heavy atom. The van der Waals surface area contributed by atoms with Gasteiger partial charge in [-0.25, -0.2) is 4.79 Å². The van der Waals surface area contributed by atoms with Crippen molar-refractivity contribution in [3.8, 4) is 0 Å². The first-order chi connectivity index (χ1) is 9.72. The number of hydrogen-bond donors (Lipinski definition) is 0. The molecule has 0 spiro atoms. The summed E-state index contributed by atoms with van der Waals surface area (Å²) in [6.45, 7) is 3.41. The second kappa shape index (κ2) is 6.13. The van der Waals surface area contributed by atoms with Gasteiger partial charge in [0.15, 0.2) is 0 Å². The predicted molar refractivity (Wildman–Crippen MR) is 64.8 cm³/mol. The fraction of sp³-hybridized carbons (Fsp3) is 0.917. The topological polar surface area (TPSA) is 32.8 Å². The van der Waals surface area contributed by atoms with Crippen LogP contribution in [0.25, 0.3) is 0 Å². The van der Waals surface area contributed by atoms with Crippen LogP contribution in [-0.4, -0.2) is 53.2 Å². The van der Waals surface area contributed by atoms with Gasteiger partial charge in [0.1, 0.15) is 5.60 Å². The van der Waals surface area contributed by atoms with Crippen molar-refractivity contribution in [3.05, 3.63) is 0 Å². The van der Waals surface area contributed by atoms with E-state index in [4.69, 9.17) is 4.74 Å². The van der Waals surface area contributed by atoms with Crippen LogP contribution in [0.15, 0.2) is 0 Å². The molecule has 1 rings (SSSR count). The molecule has 4 nitrogen and oxygen atoms in total. The number of amides is 1. The van der Waals surface area contributed by atoms with Crippen LogP contribution >= 0.6 is 0 Å². The molecule has 0 saturated carbocycles. The largest absolute Gasteiger partial charge is 0.467 e. The van der Waals surface area contributed by atoms with Crippen LogP contribution < -0.4 is 0 Å². The number of alkyl halides is 6. The molecule has 0 radical (unpaired) electrons. The molecule has 1 aliphatic heterocycles. The molecule has 0 N–H and O–H groups in total. The van der Waals surface area contributed by atoms with Crippen molar-refractivity contribution >= 4 is 6.09 Å². The van der Waals surface area contributed by atoms with Gasteiger partial charge in [0.25, 0.3) is 0 Å². The van der Waals surface area contributed by atoms with Gasteiger partial charge in [-0.3, -0.25) is 0 Å². The zero-order valence-electron chi connectivity index (χ0n) is 12.4. The van der Waals surface area contributed by atoms with Gasteiger partial charge in [-0.05, 0) is 33.6 Å². The molecule has 1 aliphatic rings. The maximum absolute atomic E-state index is 12.5. The summed E-state index contributed by atoms with van der Waals surface area (Å²) in [5, 5.41) is 0. The molecule has 1 heterocycles. The van der Waals surface area contributed by atoms with Crippen molar-refractivity contribution in [1.82, 2.24) is 9.80 Å². The van der Waals surface area contributed by atoms with Crippen molar-refractivity contribution in [2.75, 3.05) is 13.1 Å². The highest BCUT2D eigenvalue weighted by Crippen LogP contribution is 2.35. The Morgan fingerprint density at radius 1 is 1.14 bits per heavy atom. The fourth-order valence-corrected chi connectivity index (χ4v) is 2.15. The number of carbonyl (C=O) groups excluding carboxylic acids is 1. The second-order valence-corrected chi connectivity index (χ2v) is 6.02. The number of ether oxygens (including phenoxy) is 1. The molecule has 130 valence electrons. The number of likely N-dealkylation sites (tertiary alicyclic amines) is 1. The SMILES string of the molecule is CC(C)(C)OC(=O)N1CCCC1CN(C(F)(F)F)C(F)(F)F. The molecule has 1 fully saturated rings. The van der Waals surface area contributed by atoms with Crippen molar-refractivity contribution in [1.29, 1.82) is 0 Å². The minimum absolute atomic E-state index is 0.0574. The summed E-state index contributed by atoms with van der Waals surface area (Å²) < 4.78 is 80.3. The van der Waals surface area contributed by atoms with Crippen LogP contribution in [0.4, 0.5) is 31.1 Å². The van der Waals surface area contributed by atoms with Gasteiger partial charge >= 0.3 is 18.7 Å². The number of hydrogen-bond acceptors (Lipinski definition) is 3. The minimum Gasteiger partial charge on any atom is -0.444 e. The average molecular weight is 336 g/mol. The molecule has 1 unspecified atom stereocenters. The lowest BCUT2D eigenvalue weighted by atomic mass is 10.2. The molecule has 0 aromatic carbocycles. The molecule has 0 aromatic rings. The summed E-state index contributed by atoms with van der Waals surface area (Å²) in [4.78, 5) is 11.3. The Bertz CT molecular complexity index is 388. The zero-order valence-corrected chi connectivity index (χ0v) is 12.4. The monoisotopic (exact) mass is 336 g/mol. The van der Waals surface area contributed by atoms with E-state index in [2.05, 4.69) is 0 Å². The van der Waals surface area contributed by atoms with E-state index in [1.165, 1.54) is 0 Å². The molecule has 0 aliphatic carbocycles. The molecule has 1 atom stereocenters. The van der Waals surface area contributed by atoms with Crippen LogP contribution in [0.3, 0.4) is 0 Å². The zero-order chi connectivity index (χ0) is 17.3. The van der Waals surface area contributed by atoms with E-state index in [9.17, 15) is 31.1 Å². The fourth-order valence-electron chi connectivity index (χ4n) is 2.15. The number of carbonyl (C=O) groups is 1. The lowest BCUT2D eigenvalue weighted by Gasteiger charge is -2.33. The van der Waals surface area contributed by atoms with E-state index in [0.717, 1.165) is 4.90 Å². The van der Waals surface area contributed by atoms with Crippen LogP contribution in [0, 0.1) is 0 Å². The van der Waals surface area contributed by atoms with Crippen LogP contribution in [0.2, 0.25) is 0 Å². The minimum atomic E-state index is -5.56. The van der Waals surface area contributed by atoms with Gasteiger partial charge in [-0.2, -0.15) is 26.3 Å². The van der Waals surface area contributed by atoms with Crippen molar-refractivity contribution in [2.45, 2.75) is 57.9 Å². The van der Waals surface area contributed by atoms with Gasteiger partial charge in [0, 0.05) is 19.1 Å². The maximum atomic E-state index is 12.5. The molecular weight excluding hydrogens is 318 g/mol. The highest BCUT2D eigenvalue weighted by Gasteiger charge is 2.55. The Morgan fingerprint density at radius 3 is 2.05 bits per heavy atom. The number of rotatable bonds is 2. The maximum Gasteiger partial charge on any atom is 0.467 e. The summed E-state index contributed by atoms with van der Waals surface area (Å²) in [5.74, 6) is 0. The van der Waals surface area contributed by atoms with Crippen molar-refractivity contribution in [3.63, 3.8) is 0 Å². The van der Waals surface area contributed by atoms with Crippen LogP contribution in [0.1, 0.15) is 33.6 Å². The third kappa shape index (κ3) is 5.22. The van der Waals surface area contributed by atoms with E-state index in [0.29, 0.717) is 6.42 Å². The van der Waals surface area contributed by atoms with Gasteiger partial charge in [-0.1, -0.05) is 0 Å². The lowest BCUT2D eigenvalue weighted by molar-refractivity contribution is -0.374. The third-order valence-corrected chi connectivity index (χ3v) is 3.01. The van der Waals surface area contributed by atoms with E-state index in [1.807, 2.05) is 0 Å². The first-order valence-electron chi connectivity index (χ1n) is 6.62. The van der Waals surface area contributed by atoms with E-state index in [-0.39, 0.29) is 13.0 Å². The number of halogens is 6. The van der Waals surface area contributed by atoms with E-state index < -0.39 is 41.8 Å². The quantitative estimate of drug-likeness (QED) is 0.569. The van der Waals surface area contributed by atoms with Crippen molar-refractivity contribution in [2.24, 2.45) is 0 Å². The first-order valence-corrected chi connectivity index (χ1v) is 6.62. The average Bonchev–Trinajstić information content (AvgIpc) is 2.67. The lowest BCUT2D eigenvalue weighted by Crippen LogP contribution is -2.54. The predicted octanol–water partition coefficient (Wildman–Crippen LogP) is 3.73. The summed E-state index contributed by atoms with van der Waals surface area (Å²) in [6.07, 6.45) is -11.6. The van der Waals surface area contributed by atoms with Gasteiger partial charge in [0.2, 0.25) is 0 Å². The highest BCUT2D eigenvalue weighted by atomic mass is 19.4. The van der Waals surface area contributed by atoms with Gasteiger partial charge in [-0.15, -0.1) is 4.90 Å². The molecule has 0 aromatic heterocycles. The van der Waals surface area contributed by atoms with E-state index >= 15 is 0 Å². The van der Waals surface area contributed by atoms with Crippen molar-refractivity contribution < 1.29 is 35.9 Å². The second-order valence-electron chi connectivity index (χ2n) is 6.02. The smallest absolute Gasteiger partial charge is 0.444 e. The third-order valence-electron chi connectivity index (χ3n) is 3.01. The highest BCUT2D eigenvalue weighted by molar-refractivity contribution is 5.69. The van der Waals surface area contributed by atoms with Gasteiger partial charge < -0.3 is 9.64 Å². The van der Waals surface area contributed by atoms with E-state index in [1.54, 1.807) is 20.8 Å². The summed E-state index contributed by atoms with van der Waals surface area (Å²) in [5.41, 5.74) is -0.877. The molecular formula is C12H18F6N2O2. The molecule has 1 saturated heterocycles. The Kier molecular flexibility index (Phi) is 5.26.